The van der Waals surface area contributed by atoms with Crippen LogP contribution in [0.5, 0.6) is 0 Å². The third kappa shape index (κ3) is 1.79. The molecule has 0 spiro atoms. The number of aromatic nitrogens is 4. The van der Waals surface area contributed by atoms with Gasteiger partial charge in [-0.2, -0.15) is 5.10 Å². The van der Waals surface area contributed by atoms with E-state index in [4.69, 9.17) is 12.2 Å². The second-order valence-electron chi connectivity index (χ2n) is 4.89. The maximum atomic E-state index is 12.0. The van der Waals surface area contributed by atoms with Crippen molar-refractivity contribution in [3.05, 3.63) is 10.5 Å². The summed E-state index contributed by atoms with van der Waals surface area (Å²) in [6.07, 6.45) is 1.56. The number of rotatable bonds is 2. The Bertz CT molecular complexity index is 769. The average Bonchev–Trinajstić information content (AvgIpc) is 2.87. The van der Waals surface area contributed by atoms with Gasteiger partial charge in [0.2, 0.25) is 11.8 Å². The summed E-state index contributed by atoms with van der Waals surface area (Å²) in [7, 11) is 1.83. The smallest absolute Gasteiger partial charge is 0.249 e. The lowest BCUT2D eigenvalue weighted by Gasteiger charge is -2.22. The predicted molar refractivity (Wildman–Crippen MR) is 74.7 cm³/mol. The first-order valence-corrected chi connectivity index (χ1v) is 6.93. The highest BCUT2D eigenvalue weighted by Gasteiger charge is 2.31. The van der Waals surface area contributed by atoms with Crippen LogP contribution in [0, 0.1) is 4.77 Å². The van der Waals surface area contributed by atoms with Crippen LogP contribution in [0.2, 0.25) is 0 Å². The van der Waals surface area contributed by atoms with Gasteiger partial charge in [0.15, 0.2) is 10.4 Å². The topological polar surface area (TPSA) is 84.7 Å². The van der Waals surface area contributed by atoms with Crippen LogP contribution in [0.15, 0.2) is 0 Å². The number of nitrogens with zero attached hydrogens (tertiary/aromatic N) is 3. The highest BCUT2D eigenvalue weighted by atomic mass is 32.1. The fourth-order valence-corrected chi connectivity index (χ4v) is 3.02. The molecule has 1 fully saturated rings. The summed E-state index contributed by atoms with van der Waals surface area (Å²) >= 11 is 5.34. The molecule has 2 aromatic heterocycles. The van der Waals surface area contributed by atoms with Crippen LogP contribution in [-0.4, -0.2) is 31.1 Å². The number of piperidine rings is 1. The normalized spacial score (nSPS) is 19.6. The van der Waals surface area contributed by atoms with Gasteiger partial charge in [0.25, 0.3) is 0 Å². The average molecular weight is 293 g/mol. The number of hydrogen-bond donors (Lipinski definition) is 2. The van der Waals surface area contributed by atoms with Crippen LogP contribution in [-0.2, 0) is 23.1 Å². The molecule has 1 unspecified atom stereocenters. The number of hydrogen-bond acceptors (Lipinski definition) is 4. The first-order chi connectivity index (χ1) is 9.52. The summed E-state index contributed by atoms with van der Waals surface area (Å²) in [5, 5.41) is 6.79. The van der Waals surface area contributed by atoms with Crippen LogP contribution < -0.4 is 5.32 Å². The Morgan fingerprint density at radius 1 is 1.45 bits per heavy atom. The van der Waals surface area contributed by atoms with Gasteiger partial charge in [0.1, 0.15) is 11.6 Å². The molecule has 20 heavy (non-hydrogen) atoms. The summed E-state index contributed by atoms with van der Waals surface area (Å²) in [6.45, 7) is 2.02. The van der Waals surface area contributed by atoms with Gasteiger partial charge in [0.05, 0.1) is 5.69 Å². The molecule has 2 aromatic rings. The molecule has 1 aliphatic rings. The lowest BCUT2D eigenvalue weighted by molar-refractivity contribution is -0.135. The van der Waals surface area contributed by atoms with E-state index < -0.39 is 6.04 Å². The van der Waals surface area contributed by atoms with Gasteiger partial charge in [-0.05, 0) is 25.1 Å². The Morgan fingerprint density at radius 2 is 2.20 bits per heavy atom. The molecule has 8 heteroatoms. The first-order valence-electron chi connectivity index (χ1n) is 6.52. The van der Waals surface area contributed by atoms with Gasteiger partial charge in [-0.3, -0.25) is 24.2 Å². The molecule has 2 amide bonds. The van der Waals surface area contributed by atoms with E-state index in [1.54, 1.807) is 9.25 Å². The molecule has 0 bridgehead atoms. The summed E-state index contributed by atoms with van der Waals surface area (Å²) in [5.74, 6) is -0.540. The second-order valence-corrected chi connectivity index (χ2v) is 5.28. The van der Waals surface area contributed by atoms with Crippen LogP contribution in [0.3, 0.4) is 0 Å². The maximum Gasteiger partial charge on any atom is 0.249 e. The number of nitrogens with one attached hydrogen (secondary N) is 2. The Hall–Kier alpha value is -1.96. The van der Waals surface area contributed by atoms with Crippen molar-refractivity contribution in [3.8, 4) is 0 Å². The number of amides is 2. The number of aryl methyl sites for hydroxylation is 2. The minimum Gasteiger partial charge on any atom is -0.328 e. The van der Waals surface area contributed by atoms with Crippen LogP contribution in [0.4, 0.5) is 0 Å². The lowest BCUT2D eigenvalue weighted by atomic mass is 10.1. The van der Waals surface area contributed by atoms with E-state index in [0.717, 1.165) is 23.3 Å². The number of carbonyl (C=O) groups is 2. The molecule has 0 saturated carbocycles. The quantitative estimate of drug-likeness (QED) is 0.638. The number of fused-ring (bicyclic) bond motifs is 1. The monoisotopic (exact) mass is 293 g/mol. The molecule has 7 nitrogen and oxygen atoms in total. The third-order valence-corrected chi connectivity index (χ3v) is 3.92. The molecular formula is C12H15N5O2S. The fraction of sp³-hybridized carbons (Fsp3) is 0.500. The zero-order chi connectivity index (χ0) is 14.4. The van der Waals surface area contributed by atoms with Crippen molar-refractivity contribution < 1.29 is 9.59 Å². The van der Waals surface area contributed by atoms with Crippen LogP contribution in [0.25, 0.3) is 11.2 Å². The minimum absolute atomic E-state index is 0.233. The van der Waals surface area contributed by atoms with Crippen molar-refractivity contribution in [2.45, 2.75) is 32.2 Å². The van der Waals surface area contributed by atoms with E-state index in [1.165, 1.54) is 0 Å². The highest BCUT2D eigenvalue weighted by molar-refractivity contribution is 7.71. The van der Waals surface area contributed by atoms with Gasteiger partial charge in [-0.15, -0.1) is 0 Å². The first kappa shape index (κ1) is 13.0. The molecule has 0 aromatic carbocycles. The van der Waals surface area contributed by atoms with E-state index in [0.29, 0.717) is 17.6 Å². The highest BCUT2D eigenvalue weighted by Crippen LogP contribution is 2.26. The molecule has 3 rings (SSSR count). The van der Waals surface area contributed by atoms with Crippen molar-refractivity contribution >= 4 is 35.2 Å². The summed E-state index contributed by atoms with van der Waals surface area (Å²) in [5.41, 5.74) is 2.57. The Morgan fingerprint density at radius 3 is 2.85 bits per heavy atom. The number of H-pyrrole nitrogens is 1. The van der Waals surface area contributed by atoms with E-state index >= 15 is 0 Å². The summed E-state index contributed by atoms with van der Waals surface area (Å²) < 4.78 is 3.97. The second kappa shape index (κ2) is 4.55. The van der Waals surface area contributed by atoms with E-state index in [2.05, 4.69) is 15.4 Å². The fourth-order valence-electron chi connectivity index (χ4n) is 2.70. The number of carbonyl (C=O) groups excluding carboxylic acids is 2. The Kier molecular flexibility index (Phi) is 2.97. The van der Waals surface area contributed by atoms with E-state index in [9.17, 15) is 9.59 Å². The minimum atomic E-state index is -0.464. The van der Waals surface area contributed by atoms with Gasteiger partial charge in [0, 0.05) is 13.5 Å². The number of aromatic amines is 1. The SMILES string of the molecule is CCc1nn(C)c2c1[nH]c(=S)n2C1CCC(=O)NC1=O. The van der Waals surface area contributed by atoms with Gasteiger partial charge in [-0.25, -0.2) is 0 Å². The standard InChI is InChI=1S/C12H15N5O2S/c1-3-6-9-11(16(2)15-6)17(12(20)14-9)7-4-5-8(18)13-10(7)19/h7H,3-5H2,1-2H3,(H,14,20)(H,13,18,19). The Labute approximate surface area is 120 Å². The van der Waals surface area contributed by atoms with Gasteiger partial charge >= 0.3 is 0 Å². The largest absolute Gasteiger partial charge is 0.328 e. The third-order valence-electron chi connectivity index (χ3n) is 3.63. The maximum absolute atomic E-state index is 12.0. The predicted octanol–water partition coefficient (Wildman–Crippen LogP) is 0.972. The molecule has 1 saturated heterocycles. The van der Waals surface area contributed by atoms with Crippen molar-refractivity contribution in [1.29, 1.82) is 0 Å². The van der Waals surface area contributed by atoms with Crippen molar-refractivity contribution in [2.24, 2.45) is 7.05 Å². The van der Waals surface area contributed by atoms with Crippen LogP contribution >= 0.6 is 12.2 Å². The van der Waals surface area contributed by atoms with Crippen LogP contribution in [0.1, 0.15) is 31.5 Å². The van der Waals surface area contributed by atoms with Gasteiger partial charge in [-0.1, -0.05) is 6.92 Å². The zero-order valence-corrected chi connectivity index (χ0v) is 12.1. The molecule has 1 atom stereocenters. The van der Waals surface area contributed by atoms with Crippen molar-refractivity contribution in [2.75, 3.05) is 0 Å². The molecular weight excluding hydrogens is 278 g/mol. The molecule has 0 radical (unpaired) electrons. The van der Waals surface area contributed by atoms with E-state index in [-0.39, 0.29) is 11.8 Å². The number of imide groups is 1. The zero-order valence-electron chi connectivity index (χ0n) is 11.3. The van der Waals surface area contributed by atoms with E-state index in [1.807, 2.05) is 14.0 Å². The molecule has 106 valence electrons. The molecule has 3 heterocycles. The molecule has 1 aliphatic heterocycles. The van der Waals surface area contributed by atoms with Gasteiger partial charge < -0.3 is 4.98 Å². The Balaban J connectivity index is 2.19. The lowest BCUT2D eigenvalue weighted by Crippen LogP contribution is -2.41. The van der Waals surface area contributed by atoms with Crippen molar-refractivity contribution in [1.82, 2.24) is 24.6 Å². The molecule has 0 aliphatic carbocycles. The summed E-state index contributed by atoms with van der Waals surface area (Å²) in [4.78, 5) is 26.4. The number of imidazole rings is 1. The summed E-state index contributed by atoms with van der Waals surface area (Å²) in [6, 6.07) is -0.464. The van der Waals surface area contributed by atoms with Crippen molar-refractivity contribution in [3.63, 3.8) is 0 Å². The molecule has 2 N–H and O–H groups in total.